The normalized spacial score (nSPS) is 13.9. The van der Waals surface area contributed by atoms with Gasteiger partial charge in [0.25, 0.3) is 0 Å². The quantitative estimate of drug-likeness (QED) is 0.334. The Morgan fingerprint density at radius 3 is 2.69 bits per heavy atom. The lowest BCUT2D eigenvalue weighted by molar-refractivity contribution is -0.124. The van der Waals surface area contributed by atoms with Crippen LogP contribution in [0.15, 0.2) is 52.2 Å². The number of furan rings is 1. The SMILES string of the molecule is O=C1CNC(=O)N1CCCSc1nnc(-c2ccc(Cl)cc2)n1Cc1ccco1. The molecule has 1 aliphatic heterocycles. The second-order valence-electron chi connectivity index (χ2n) is 6.38. The van der Waals surface area contributed by atoms with Crippen molar-refractivity contribution in [3.8, 4) is 11.4 Å². The zero-order chi connectivity index (χ0) is 20.2. The van der Waals surface area contributed by atoms with E-state index in [0.717, 1.165) is 22.3 Å². The number of imide groups is 1. The predicted octanol–water partition coefficient (Wildman–Crippen LogP) is 3.27. The van der Waals surface area contributed by atoms with Gasteiger partial charge in [0.2, 0.25) is 5.91 Å². The molecule has 2 aromatic heterocycles. The maximum atomic E-state index is 11.7. The van der Waals surface area contributed by atoms with Crippen molar-refractivity contribution in [1.29, 1.82) is 0 Å². The topological polar surface area (TPSA) is 93.3 Å². The molecule has 0 radical (unpaired) electrons. The molecule has 10 heteroatoms. The molecule has 1 aromatic carbocycles. The van der Waals surface area contributed by atoms with Crippen LogP contribution in [0.5, 0.6) is 0 Å². The van der Waals surface area contributed by atoms with Crippen LogP contribution in [0.1, 0.15) is 12.2 Å². The van der Waals surface area contributed by atoms with Crippen molar-refractivity contribution in [3.63, 3.8) is 0 Å². The van der Waals surface area contributed by atoms with E-state index >= 15 is 0 Å². The fraction of sp³-hybridized carbons (Fsp3) is 0.263. The third-order valence-corrected chi connectivity index (χ3v) is 5.71. The number of nitrogens with zero attached hydrogens (tertiary/aromatic N) is 4. The molecule has 8 nitrogen and oxygen atoms in total. The fourth-order valence-corrected chi connectivity index (χ4v) is 3.96. The number of carbonyl (C=O) groups excluding carboxylic acids is 2. The first kappa shape index (κ1) is 19.5. The van der Waals surface area contributed by atoms with Crippen LogP contribution in [0, 0.1) is 0 Å². The summed E-state index contributed by atoms with van der Waals surface area (Å²) < 4.78 is 7.48. The van der Waals surface area contributed by atoms with Crippen LogP contribution >= 0.6 is 23.4 Å². The van der Waals surface area contributed by atoms with Crippen LogP contribution in [0.2, 0.25) is 5.02 Å². The van der Waals surface area contributed by atoms with E-state index in [1.165, 1.54) is 16.7 Å². The van der Waals surface area contributed by atoms with Gasteiger partial charge in [-0.1, -0.05) is 23.4 Å². The number of benzene rings is 1. The third kappa shape index (κ3) is 4.46. The number of thioether (sulfide) groups is 1. The standard InChI is InChI=1S/C19H18ClN5O3S/c20-14-6-4-13(5-7-14)17-22-23-19(25(17)12-15-3-1-9-28-15)29-10-2-8-24-16(26)11-21-18(24)27/h1,3-7,9H,2,8,10-12H2,(H,21,27). The minimum Gasteiger partial charge on any atom is -0.467 e. The van der Waals surface area contributed by atoms with Gasteiger partial charge in [0.1, 0.15) is 5.76 Å². The molecule has 3 amide bonds. The van der Waals surface area contributed by atoms with E-state index < -0.39 is 0 Å². The lowest BCUT2D eigenvalue weighted by Gasteiger charge is -2.12. The summed E-state index contributed by atoms with van der Waals surface area (Å²) in [5.74, 6) is 2.01. The molecule has 0 spiro atoms. The summed E-state index contributed by atoms with van der Waals surface area (Å²) >= 11 is 7.53. The van der Waals surface area contributed by atoms with E-state index in [1.54, 1.807) is 6.26 Å². The van der Waals surface area contributed by atoms with Crippen LogP contribution in [0.3, 0.4) is 0 Å². The highest BCUT2D eigenvalue weighted by Crippen LogP contribution is 2.26. The van der Waals surface area contributed by atoms with Gasteiger partial charge in [-0.3, -0.25) is 14.3 Å². The molecule has 0 aliphatic carbocycles. The highest BCUT2D eigenvalue weighted by molar-refractivity contribution is 7.99. The molecule has 29 heavy (non-hydrogen) atoms. The average Bonchev–Trinajstić information content (AvgIpc) is 3.44. The summed E-state index contributed by atoms with van der Waals surface area (Å²) in [5.41, 5.74) is 0.902. The zero-order valence-corrected chi connectivity index (χ0v) is 16.9. The minimum atomic E-state index is -0.328. The van der Waals surface area contributed by atoms with Crippen molar-refractivity contribution in [3.05, 3.63) is 53.4 Å². The minimum absolute atomic E-state index is 0.0773. The average molecular weight is 432 g/mol. The number of hydrogen-bond donors (Lipinski definition) is 1. The summed E-state index contributed by atoms with van der Waals surface area (Å²) in [5, 5.41) is 12.6. The molecule has 0 saturated carbocycles. The number of halogens is 1. The van der Waals surface area contributed by atoms with Gasteiger partial charge in [-0.2, -0.15) is 0 Å². The Labute approximate surface area is 176 Å². The number of hydrogen-bond acceptors (Lipinski definition) is 6. The highest BCUT2D eigenvalue weighted by atomic mass is 35.5. The zero-order valence-electron chi connectivity index (χ0n) is 15.4. The van der Waals surface area contributed by atoms with Gasteiger partial charge in [0.05, 0.1) is 19.4 Å². The molecule has 3 heterocycles. The van der Waals surface area contributed by atoms with E-state index in [2.05, 4.69) is 15.5 Å². The van der Waals surface area contributed by atoms with Crippen LogP contribution in [0.25, 0.3) is 11.4 Å². The molecule has 1 aliphatic rings. The van der Waals surface area contributed by atoms with E-state index in [4.69, 9.17) is 16.0 Å². The monoisotopic (exact) mass is 431 g/mol. The van der Waals surface area contributed by atoms with E-state index in [0.29, 0.717) is 30.3 Å². The highest BCUT2D eigenvalue weighted by Gasteiger charge is 2.27. The molecule has 0 unspecified atom stereocenters. The van der Waals surface area contributed by atoms with Gasteiger partial charge < -0.3 is 9.73 Å². The molecule has 150 valence electrons. The summed E-state index contributed by atoms with van der Waals surface area (Å²) in [6, 6.07) is 10.8. The van der Waals surface area contributed by atoms with Crippen molar-refractivity contribution in [2.24, 2.45) is 0 Å². The van der Waals surface area contributed by atoms with Crippen molar-refractivity contribution in [1.82, 2.24) is 25.0 Å². The van der Waals surface area contributed by atoms with Gasteiger partial charge in [0.15, 0.2) is 11.0 Å². The lowest BCUT2D eigenvalue weighted by Crippen LogP contribution is -2.32. The van der Waals surface area contributed by atoms with Crippen LogP contribution in [-0.4, -0.2) is 50.4 Å². The van der Waals surface area contributed by atoms with Crippen LogP contribution < -0.4 is 5.32 Å². The third-order valence-electron chi connectivity index (χ3n) is 4.41. The molecule has 1 fully saturated rings. The molecule has 4 rings (SSSR count). The number of nitrogens with one attached hydrogen (secondary N) is 1. The van der Waals surface area contributed by atoms with Crippen molar-refractivity contribution >= 4 is 35.3 Å². The van der Waals surface area contributed by atoms with E-state index in [-0.39, 0.29) is 18.5 Å². The fourth-order valence-electron chi connectivity index (χ4n) is 2.98. The number of aromatic nitrogens is 3. The maximum Gasteiger partial charge on any atom is 0.324 e. The Balaban J connectivity index is 1.47. The molecular formula is C19H18ClN5O3S. The van der Waals surface area contributed by atoms with E-state index in [9.17, 15) is 9.59 Å². The van der Waals surface area contributed by atoms with Crippen molar-refractivity contribution in [2.75, 3.05) is 18.8 Å². The molecule has 1 N–H and O–H groups in total. The summed E-state index contributed by atoms with van der Waals surface area (Å²) in [6.07, 6.45) is 2.29. The molecule has 0 bridgehead atoms. The van der Waals surface area contributed by atoms with Gasteiger partial charge >= 0.3 is 6.03 Å². The first-order chi connectivity index (χ1) is 14.1. The van der Waals surface area contributed by atoms with Crippen molar-refractivity contribution in [2.45, 2.75) is 18.1 Å². The van der Waals surface area contributed by atoms with Crippen LogP contribution in [-0.2, 0) is 11.3 Å². The Kier molecular flexibility index (Phi) is 5.86. The number of amides is 3. The largest absolute Gasteiger partial charge is 0.467 e. The van der Waals surface area contributed by atoms with Gasteiger partial charge in [-0.05, 0) is 42.8 Å². The Morgan fingerprint density at radius 1 is 1.17 bits per heavy atom. The lowest BCUT2D eigenvalue weighted by atomic mass is 10.2. The molecule has 3 aromatic rings. The first-order valence-electron chi connectivity index (χ1n) is 9.04. The Hall–Kier alpha value is -2.78. The summed E-state index contributed by atoms with van der Waals surface area (Å²) in [4.78, 5) is 24.5. The van der Waals surface area contributed by atoms with Crippen LogP contribution in [0.4, 0.5) is 4.79 Å². The van der Waals surface area contributed by atoms with Crippen molar-refractivity contribution < 1.29 is 14.0 Å². The maximum absolute atomic E-state index is 11.7. The molecule has 0 atom stereocenters. The summed E-state index contributed by atoms with van der Waals surface area (Å²) in [6.45, 7) is 0.954. The first-order valence-corrected chi connectivity index (χ1v) is 10.4. The van der Waals surface area contributed by atoms with Gasteiger partial charge in [-0.15, -0.1) is 10.2 Å². The number of urea groups is 1. The van der Waals surface area contributed by atoms with Gasteiger partial charge in [-0.25, -0.2) is 4.79 Å². The summed E-state index contributed by atoms with van der Waals surface area (Å²) in [7, 11) is 0. The Bertz CT molecular complexity index is 988. The number of carbonyl (C=O) groups is 2. The molecule has 1 saturated heterocycles. The second kappa shape index (κ2) is 8.71. The molecular weight excluding hydrogens is 414 g/mol. The number of rotatable bonds is 8. The second-order valence-corrected chi connectivity index (χ2v) is 7.88. The Morgan fingerprint density at radius 2 is 2.00 bits per heavy atom. The van der Waals surface area contributed by atoms with E-state index in [1.807, 2.05) is 41.0 Å². The van der Waals surface area contributed by atoms with Gasteiger partial charge in [0, 0.05) is 22.9 Å². The smallest absolute Gasteiger partial charge is 0.324 e. The predicted molar refractivity (Wildman–Crippen MR) is 109 cm³/mol.